The fourth-order valence-electron chi connectivity index (χ4n) is 3.40. The van der Waals surface area contributed by atoms with E-state index in [-0.39, 0.29) is 5.75 Å². The molecule has 0 radical (unpaired) electrons. The van der Waals surface area contributed by atoms with E-state index in [9.17, 15) is 5.11 Å². The number of hydrogen-bond acceptors (Lipinski definition) is 5. The smallest absolute Gasteiger partial charge is 0.173 e. The number of fused-ring (bicyclic) bond motifs is 5. The van der Waals surface area contributed by atoms with Gasteiger partial charge in [0.15, 0.2) is 11.5 Å². The summed E-state index contributed by atoms with van der Waals surface area (Å²) in [5, 5.41) is 20.0. The molecule has 5 rings (SSSR count). The van der Waals surface area contributed by atoms with Crippen molar-refractivity contribution in [3.8, 4) is 17.1 Å². The predicted molar refractivity (Wildman–Crippen MR) is 89.9 cm³/mol. The number of hydrogen-bond donors (Lipinski definition) is 1. The summed E-state index contributed by atoms with van der Waals surface area (Å²) in [4.78, 5) is 7.11. The monoisotopic (exact) mass is 322 g/mol. The lowest BCUT2D eigenvalue weighted by atomic mass is 9.97. The normalized spacial score (nSPS) is 14.4. The second-order valence-corrected chi connectivity index (χ2v) is 6.95. The van der Waals surface area contributed by atoms with Crippen LogP contribution in [0.4, 0.5) is 0 Å². The fourth-order valence-corrected chi connectivity index (χ4v) is 4.62. The first-order valence-electron chi connectivity index (χ1n) is 7.75. The first kappa shape index (κ1) is 13.0. The zero-order chi connectivity index (χ0) is 15.4. The molecular formula is C17H14N4OS. The van der Waals surface area contributed by atoms with Crippen LogP contribution in [0.3, 0.4) is 0 Å². The van der Waals surface area contributed by atoms with Crippen LogP contribution in [-0.2, 0) is 12.8 Å². The number of para-hydroxylation sites is 1. The molecule has 0 amide bonds. The van der Waals surface area contributed by atoms with Crippen molar-refractivity contribution in [2.45, 2.75) is 25.7 Å². The molecule has 0 saturated heterocycles. The number of phenols is 1. The third-order valence-electron chi connectivity index (χ3n) is 4.51. The van der Waals surface area contributed by atoms with Gasteiger partial charge in [-0.3, -0.25) is 4.40 Å². The standard InChI is InChI=1S/C17H14N4OS/c22-12-7-3-1-5-10(12)15-19-20-16-14-11-6-2-4-8-13(11)23-17(14)18-9-21(15)16/h1,3,5,7,9,22H,2,4,6,8H2. The molecule has 6 heteroatoms. The topological polar surface area (TPSA) is 63.3 Å². The highest BCUT2D eigenvalue weighted by Crippen LogP contribution is 2.38. The van der Waals surface area contributed by atoms with Gasteiger partial charge >= 0.3 is 0 Å². The molecular weight excluding hydrogens is 308 g/mol. The van der Waals surface area contributed by atoms with Crippen molar-refractivity contribution < 1.29 is 5.11 Å². The largest absolute Gasteiger partial charge is 0.507 e. The zero-order valence-corrected chi connectivity index (χ0v) is 13.2. The van der Waals surface area contributed by atoms with E-state index in [1.54, 1.807) is 29.8 Å². The van der Waals surface area contributed by atoms with Crippen molar-refractivity contribution in [3.05, 3.63) is 41.0 Å². The van der Waals surface area contributed by atoms with E-state index < -0.39 is 0 Å². The number of aromatic nitrogens is 4. The van der Waals surface area contributed by atoms with Crippen LogP contribution in [0.5, 0.6) is 5.75 Å². The van der Waals surface area contributed by atoms with Crippen molar-refractivity contribution in [2.75, 3.05) is 0 Å². The Morgan fingerprint density at radius 3 is 2.87 bits per heavy atom. The Kier molecular flexibility index (Phi) is 2.69. The summed E-state index contributed by atoms with van der Waals surface area (Å²) in [7, 11) is 0. The van der Waals surface area contributed by atoms with Crippen molar-refractivity contribution in [3.63, 3.8) is 0 Å². The van der Waals surface area contributed by atoms with Crippen LogP contribution in [0.2, 0.25) is 0 Å². The Bertz CT molecular complexity index is 1050. The molecule has 0 aliphatic heterocycles. The maximum Gasteiger partial charge on any atom is 0.173 e. The van der Waals surface area contributed by atoms with Gasteiger partial charge in [-0.05, 0) is 43.4 Å². The van der Waals surface area contributed by atoms with E-state index in [1.807, 2.05) is 16.5 Å². The van der Waals surface area contributed by atoms with Gasteiger partial charge in [0.05, 0.1) is 10.9 Å². The van der Waals surface area contributed by atoms with Crippen LogP contribution < -0.4 is 0 Å². The van der Waals surface area contributed by atoms with E-state index in [0.717, 1.165) is 28.7 Å². The highest BCUT2D eigenvalue weighted by Gasteiger charge is 2.21. The van der Waals surface area contributed by atoms with Crippen LogP contribution in [0.25, 0.3) is 27.3 Å². The molecule has 114 valence electrons. The molecule has 0 atom stereocenters. The zero-order valence-electron chi connectivity index (χ0n) is 12.4. The van der Waals surface area contributed by atoms with Crippen LogP contribution in [-0.4, -0.2) is 24.7 Å². The van der Waals surface area contributed by atoms with E-state index in [2.05, 4.69) is 15.2 Å². The SMILES string of the molecule is Oc1ccccc1-c1nnc2c3c4c(sc3ncn12)CCCC4. The molecule has 23 heavy (non-hydrogen) atoms. The molecule has 3 aromatic heterocycles. The number of thiophene rings is 1. The van der Waals surface area contributed by atoms with Gasteiger partial charge < -0.3 is 5.11 Å². The molecule has 0 fully saturated rings. The number of benzene rings is 1. The van der Waals surface area contributed by atoms with Crippen LogP contribution in [0.1, 0.15) is 23.3 Å². The Balaban J connectivity index is 1.84. The maximum absolute atomic E-state index is 10.1. The lowest BCUT2D eigenvalue weighted by Crippen LogP contribution is -1.99. The van der Waals surface area contributed by atoms with Crippen molar-refractivity contribution in [1.82, 2.24) is 19.6 Å². The number of rotatable bonds is 1. The summed E-state index contributed by atoms with van der Waals surface area (Å²) in [6.45, 7) is 0. The van der Waals surface area contributed by atoms with Gasteiger partial charge in [0.25, 0.3) is 0 Å². The number of aromatic hydroxyl groups is 1. The summed E-state index contributed by atoms with van der Waals surface area (Å²) in [6, 6.07) is 7.19. The molecule has 0 bridgehead atoms. The second kappa shape index (κ2) is 4.76. The lowest BCUT2D eigenvalue weighted by molar-refractivity contribution is 0.477. The van der Waals surface area contributed by atoms with E-state index in [1.165, 1.54) is 23.3 Å². The summed E-state index contributed by atoms with van der Waals surface area (Å²) in [5.74, 6) is 0.831. The van der Waals surface area contributed by atoms with Gasteiger partial charge in [-0.15, -0.1) is 21.5 Å². The Labute approximate surface area is 136 Å². The summed E-state index contributed by atoms with van der Waals surface area (Å²) < 4.78 is 1.89. The van der Waals surface area contributed by atoms with Gasteiger partial charge in [0, 0.05) is 4.88 Å². The quantitative estimate of drug-likeness (QED) is 0.582. The molecule has 5 nitrogen and oxygen atoms in total. The second-order valence-electron chi connectivity index (χ2n) is 5.87. The summed E-state index contributed by atoms with van der Waals surface area (Å²) >= 11 is 1.78. The number of nitrogens with zero attached hydrogens (tertiary/aromatic N) is 4. The Morgan fingerprint density at radius 2 is 1.96 bits per heavy atom. The van der Waals surface area contributed by atoms with Gasteiger partial charge in [-0.2, -0.15) is 0 Å². The van der Waals surface area contributed by atoms with Gasteiger partial charge in [-0.1, -0.05) is 12.1 Å². The number of phenolic OH excluding ortho intramolecular Hbond substituents is 1. The summed E-state index contributed by atoms with van der Waals surface area (Å²) in [5.41, 5.74) is 2.91. The predicted octanol–water partition coefficient (Wildman–Crippen LogP) is 3.59. The molecule has 3 heterocycles. The van der Waals surface area contributed by atoms with Crippen molar-refractivity contribution in [2.24, 2.45) is 0 Å². The fraction of sp³-hybridized carbons (Fsp3) is 0.235. The van der Waals surface area contributed by atoms with Crippen LogP contribution in [0, 0.1) is 0 Å². The average molecular weight is 322 g/mol. The van der Waals surface area contributed by atoms with E-state index in [4.69, 9.17) is 0 Å². The van der Waals surface area contributed by atoms with Gasteiger partial charge in [-0.25, -0.2) is 4.98 Å². The highest BCUT2D eigenvalue weighted by atomic mass is 32.1. The Hall–Kier alpha value is -2.47. The molecule has 0 spiro atoms. The first-order chi connectivity index (χ1) is 11.3. The molecule has 1 aliphatic carbocycles. The molecule has 0 saturated carbocycles. The van der Waals surface area contributed by atoms with Gasteiger partial charge in [0.2, 0.25) is 0 Å². The third kappa shape index (κ3) is 1.81. The van der Waals surface area contributed by atoms with Gasteiger partial charge in [0.1, 0.15) is 16.9 Å². The van der Waals surface area contributed by atoms with Crippen LogP contribution >= 0.6 is 11.3 Å². The highest BCUT2D eigenvalue weighted by molar-refractivity contribution is 7.19. The molecule has 1 N–H and O–H groups in total. The first-order valence-corrected chi connectivity index (χ1v) is 8.57. The molecule has 1 aromatic carbocycles. The minimum atomic E-state index is 0.203. The van der Waals surface area contributed by atoms with Crippen LogP contribution in [0.15, 0.2) is 30.6 Å². The minimum Gasteiger partial charge on any atom is -0.507 e. The number of aryl methyl sites for hydroxylation is 2. The van der Waals surface area contributed by atoms with Crippen molar-refractivity contribution in [1.29, 1.82) is 0 Å². The molecule has 1 aliphatic rings. The average Bonchev–Trinajstić information content (AvgIpc) is 3.15. The van der Waals surface area contributed by atoms with E-state index >= 15 is 0 Å². The van der Waals surface area contributed by atoms with Crippen molar-refractivity contribution >= 4 is 27.2 Å². The maximum atomic E-state index is 10.1. The summed E-state index contributed by atoms with van der Waals surface area (Å²) in [6.07, 6.45) is 6.48. The third-order valence-corrected chi connectivity index (χ3v) is 5.71. The molecule has 4 aromatic rings. The minimum absolute atomic E-state index is 0.203. The lowest BCUT2D eigenvalue weighted by Gasteiger charge is -2.10. The molecule has 0 unspecified atom stereocenters. The Morgan fingerprint density at radius 1 is 1.09 bits per heavy atom. The van der Waals surface area contributed by atoms with E-state index in [0.29, 0.717) is 11.4 Å².